The van der Waals surface area contributed by atoms with Crippen molar-refractivity contribution in [2.45, 2.75) is 13.0 Å². The standard InChI is InChI=1S/C17H17N3O5/c1-11(16(21)19(2)12-6-4-3-5-7-12)25-17(22)14-10-13(20(23)24)8-9-15(14)18/h3-11H,18H2,1-2H3/t11-/m1/s1. The van der Waals surface area contributed by atoms with Crippen molar-refractivity contribution >= 4 is 28.9 Å². The van der Waals surface area contributed by atoms with Crippen LogP contribution >= 0.6 is 0 Å². The Morgan fingerprint density at radius 1 is 1.20 bits per heavy atom. The van der Waals surface area contributed by atoms with E-state index in [-0.39, 0.29) is 16.9 Å². The second-order valence-electron chi connectivity index (χ2n) is 5.31. The first-order chi connectivity index (χ1) is 11.8. The van der Waals surface area contributed by atoms with Gasteiger partial charge < -0.3 is 15.4 Å². The van der Waals surface area contributed by atoms with Gasteiger partial charge in [0.05, 0.1) is 10.5 Å². The molecule has 0 spiro atoms. The van der Waals surface area contributed by atoms with Gasteiger partial charge in [-0.1, -0.05) is 18.2 Å². The molecule has 8 nitrogen and oxygen atoms in total. The number of nitro benzene ring substituents is 1. The number of hydrogen-bond acceptors (Lipinski definition) is 6. The molecule has 0 fully saturated rings. The van der Waals surface area contributed by atoms with Crippen LogP contribution < -0.4 is 10.6 Å². The molecule has 0 saturated heterocycles. The van der Waals surface area contributed by atoms with Crippen LogP contribution in [0.3, 0.4) is 0 Å². The Morgan fingerprint density at radius 2 is 1.84 bits per heavy atom. The van der Waals surface area contributed by atoms with Gasteiger partial charge in [-0.3, -0.25) is 14.9 Å². The molecule has 25 heavy (non-hydrogen) atoms. The number of anilines is 2. The highest BCUT2D eigenvalue weighted by molar-refractivity contribution is 6.00. The number of carbonyl (C=O) groups excluding carboxylic acids is 2. The first kappa shape index (κ1) is 17.9. The highest BCUT2D eigenvalue weighted by Crippen LogP contribution is 2.21. The van der Waals surface area contributed by atoms with E-state index in [9.17, 15) is 19.7 Å². The third-order valence-electron chi connectivity index (χ3n) is 3.57. The quantitative estimate of drug-likeness (QED) is 0.386. The Bertz CT molecular complexity index is 807. The third-order valence-corrected chi connectivity index (χ3v) is 3.57. The summed E-state index contributed by atoms with van der Waals surface area (Å²) < 4.78 is 5.12. The molecule has 2 aromatic rings. The molecule has 0 saturated carbocycles. The van der Waals surface area contributed by atoms with E-state index in [2.05, 4.69) is 0 Å². The van der Waals surface area contributed by atoms with Gasteiger partial charge in [0.15, 0.2) is 6.10 Å². The van der Waals surface area contributed by atoms with Crippen molar-refractivity contribution in [1.29, 1.82) is 0 Å². The van der Waals surface area contributed by atoms with Crippen molar-refractivity contribution in [3.63, 3.8) is 0 Å². The molecule has 1 amide bonds. The fraction of sp³-hybridized carbons (Fsp3) is 0.176. The predicted octanol–water partition coefficient (Wildman–Crippen LogP) is 2.39. The molecule has 8 heteroatoms. The number of esters is 1. The number of rotatable bonds is 5. The van der Waals surface area contributed by atoms with E-state index in [1.165, 1.54) is 24.0 Å². The fourth-order valence-corrected chi connectivity index (χ4v) is 2.16. The molecule has 0 radical (unpaired) electrons. The van der Waals surface area contributed by atoms with Crippen LogP contribution in [0.5, 0.6) is 0 Å². The summed E-state index contributed by atoms with van der Waals surface area (Å²) in [6, 6.07) is 12.3. The van der Waals surface area contributed by atoms with Crippen molar-refractivity contribution in [2.24, 2.45) is 0 Å². The molecule has 0 aliphatic rings. The van der Waals surface area contributed by atoms with Crippen LogP contribution in [0.2, 0.25) is 0 Å². The minimum Gasteiger partial charge on any atom is -0.449 e. The number of nitrogen functional groups attached to an aromatic ring is 1. The van der Waals surface area contributed by atoms with E-state index in [1.807, 2.05) is 6.07 Å². The summed E-state index contributed by atoms with van der Waals surface area (Å²) in [7, 11) is 1.56. The summed E-state index contributed by atoms with van der Waals surface area (Å²) >= 11 is 0. The number of hydrogen-bond donors (Lipinski definition) is 1. The van der Waals surface area contributed by atoms with Gasteiger partial charge in [0.2, 0.25) is 0 Å². The van der Waals surface area contributed by atoms with Gasteiger partial charge in [0.1, 0.15) is 0 Å². The number of ether oxygens (including phenoxy) is 1. The summed E-state index contributed by atoms with van der Waals surface area (Å²) in [5.41, 5.74) is 5.91. The molecule has 0 unspecified atom stereocenters. The lowest BCUT2D eigenvalue weighted by Crippen LogP contribution is -2.37. The van der Waals surface area contributed by atoms with Crippen molar-refractivity contribution in [3.05, 3.63) is 64.2 Å². The van der Waals surface area contributed by atoms with Crippen LogP contribution in [0.25, 0.3) is 0 Å². The number of likely N-dealkylation sites (N-methyl/N-ethyl adjacent to an activating group) is 1. The molecule has 0 aliphatic carbocycles. The van der Waals surface area contributed by atoms with Gasteiger partial charge >= 0.3 is 5.97 Å². The topological polar surface area (TPSA) is 116 Å². The van der Waals surface area contributed by atoms with Gasteiger partial charge in [0, 0.05) is 30.6 Å². The number of nitrogens with two attached hydrogens (primary N) is 1. The minimum atomic E-state index is -1.09. The molecule has 0 heterocycles. The highest BCUT2D eigenvalue weighted by Gasteiger charge is 2.25. The van der Waals surface area contributed by atoms with Gasteiger partial charge in [-0.2, -0.15) is 0 Å². The maximum Gasteiger partial charge on any atom is 0.341 e. The second kappa shape index (κ2) is 7.43. The zero-order valence-corrected chi connectivity index (χ0v) is 13.7. The van der Waals surface area contributed by atoms with E-state index in [1.54, 1.807) is 31.3 Å². The molecule has 2 rings (SSSR count). The number of benzene rings is 2. The Kier molecular flexibility index (Phi) is 5.33. The number of nitrogens with zero attached hydrogens (tertiary/aromatic N) is 2. The van der Waals surface area contributed by atoms with Crippen LogP contribution in [0.1, 0.15) is 17.3 Å². The highest BCUT2D eigenvalue weighted by atomic mass is 16.6. The van der Waals surface area contributed by atoms with Gasteiger partial charge in [-0.25, -0.2) is 4.79 Å². The van der Waals surface area contributed by atoms with Crippen molar-refractivity contribution in [2.75, 3.05) is 17.7 Å². The van der Waals surface area contributed by atoms with Crippen molar-refractivity contribution in [1.82, 2.24) is 0 Å². The van der Waals surface area contributed by atoms with Crippen molar-refractivity contribution in [3.8, 4) is 0 Å². The summed E-state index contributed by atoms with van der Waals surface area (Å²) in [5.74, 6) is -1.34. The molecule has 130 valence electrons. The van der Waals surface area contributed by atoms with E-state index in [4.69, 9.17) is 10.5 Å². The molecule has 1 atom stereocenters. The SMILES string of the molecule is C[C@@H](OC(=O)c1cc([N+](=O)[O-])ccc1N)C(=O)N(C)c1ccccc1. The number of para-hydroxylation sites is 1. The number of amides is 1. The molecule has 2 aromatic carbocycles. The van der Waals surface area contributed by atoms with E-state index in [0.717, 1.165) is 6.07 Å². The van der Waals surface area contributed by atoms with E-state index in [0.29, 0.717) is 5.69 Å². The minimum absolute atomic E-state index is 0.0339. The van der Waals surface area contributed by atoms with Gasteiger partial charge in [-0.05, 0) is 25.1 Å². The largest absolute Gasteiger partial charge is 0.449 e. The van der Waals surface area contributed by atoms with E-state index < -0.39 is 22.9 Å². The van der Waals surface area contributed by atoms with Crippen LogP contribution in [-0.2, 0) is 9.53 Å². The number of nitro groups is 1. The fourth-order valence-electron chi connectivity index (χ4n) is 2.16. The molecule has 0 aliphatic heterocycles. The van der Waals surface area contributed by atoms with E-state index >= 15 is 0 Å². The number of carbonyl (C=O) groups is 2. The maximum atomic E-state index is 12.4. The average Bonchev–Trinajstić information content (AvgIpc) is 2.61. The Hall–Kier alpha value is -3.42. The number of non-ortho nitro benzene ring substituents is 1. The van der Waals surface area contributed by atoms with Crippen LogP contribution in [0.4, 0.5) is 17.1 Å². The Morgan fingerprint density at radius 3 is 2.44 bits per heavy atom. The summed E-state index contributed by atoms with van der Waals surface area (Å²) in [5, 5.41) is 10.8. The lowest BCUT2D eigenvalue weighted by atomic mass is 10.1. The monoisotopic (exact) mass is 343 g/mol. The molecular weight excluding hydrogens is 326 g/mol. The molecular formula is C17H17N3O5. The maximum absolute atomic E-state index is 12.4. The Balaban J connectivity index is 2.13. The van der Waals surface area contributed by atoms with Crippen LogP contribution in [-0.4, -0.2) is 30.0 Å². The molecule has 0 aromatic heterocycles. The summed E-state index contributed by atoms with van der Waals surface area (Å²) in [6.45, 7) is 1.42. The van der Waals surface area contributed by atoms with Gasteiger partial charge in [0.25, 0.3) is 11.6 Å². The lowest BCUT2D eigenvalue weighted by Gasteiger charge is -2.21. The third kappa shape index (κ3) is 4.11. The van der Waals surface area contributed by atoms with Crippen LogP contribution in [0, 0.1) is 10.1 Å². The van der Waals surface area contributed by atoms with Gasteiger partial charge in [-0.15, -0.1) is 0 Å². The average molecular weight is 343 g/mol. The predicted molar refractivity (Wildman–Crippen MR) is 92.2 cm³/mol. The van der Waals surface area contributed by atoms with Crippen LogP contribution in [0.15, 0.2) is 48.5 Å². The van der Waals surface area contributed by atoms with Crippen molar-refractivity contribution < 1.29 is 19.2 Å². The normalized spacial score (nSPS) is 11.4. The summed E-state index contributed by atoms with van der Waals surface area (Å²) in [6.07, 6.45) is -1.09. The Labute approximate surface area is 144 Å². The lowest BCUT2D eigenvalue weighted by molar-refractivity contribution is -0.384. The summed E-state index contributed by atoms with van der Waals surface area (Å²) in [4.78, 5) is 36.1. The zero-order chi connectivity index (χ0) is 18.6. The zero-order valence-electron chi connectivity index (χ0n) is 13.7. The molecule has 2 N–H and O–H groups in total. The first-order valence-corrected chi connectivity index (χ1v) is 7.38. The molecule has 0 bridgehead atoms. The first-order valence-electron chi connectivity index (χ1n) is 7.38. The smallest absolute Gasteiger partial charge is 0.341 e. The second-order valence-corrected chi connectivity index (χ2v) is 5.31.